The lowest BCUT2D eigenvalue weighted by molar-refractivity contribution is 0.0923. The first-order chi connectivity index (χ1) is 36.0. The maximum Gasteiger partial charge on any atom is 0.248 e. The molecule has 374 valence electrons. The summed E-state index contributed by atoms with van der Waals surface area (Å²) >= 11 is 0. The van der Waals surface area contributed by atoms with Crippen molar-refractivity contribution in [3.8, 4) is 11.1 Å². The Kier molecular flexibility index (Phi) is 8.83. The van der Waals surface area contributed by atoms with Crippen LogP contribution in [0.4, 0.5) is 22.7 Å². The van der Waals surface area contributed by atoms with E-state index in [2.05, 4.69) is 205 Å². The molecule has 13 rings (SSSR count). The third kappa shape index (κ3) is 6.12. The van der Waals surface area contributed by atoms with E-state index in [1.165, 1.54) is 102 Å². The molecule has 0 amide bonds. The fourth-order valence-corrected chi connectivity index (χ4v) is 16.5. The van der Waals surface area contributed by atoms with Gasteiger partial charge in [0.2, 0.25) is 6.71 Å². The number of hydrogen-bond donors (Lipinski definition) is 0. The Morgan fingerprint density at radius 2 is 1.18 bits per heavy atom. The SMILES string of the molecule is [2H]c1c([2H])c([2H])c2c(c1[2H])C(c1cc3c4c(c1)N1c5c(cc(C(C)(C)C)cc5C5(C)CCCCC15C)B4C1=C(c4cc(C(C)(C)C)ccc4C1(C)C)N3c1ccc(C(C)(C)C)cc1-c1ccccc1)C1(C)CCCCC21C. The highest BCUT2D eigenvalue weighted by atomic mass is 15.3. The average molecular weight is 965 g/mol. The zero-order valence-electron chi connectivity index (χ0n) is 50.9. The summed E-state index contributed by atoms with van der Waals surface area (Å²) in [7, 11) is 0. The van der Waals surface area contributed by atoms with Gasteiger partial charge in [0.05, 0.1) is 16.7 Å². The summed E-state index contributed by atoms with van der Waals surface area (Å²) < 4.78 is 38.3. The molecule has 2 nitrogen and oxygen atoms in total. The molecule has 73 heavy (non-hydrogen) atoms. The molecule has 6 aromatic carbocycles. The lowest BCUT2D eigenvalue weighted by Crippen LogP contribution is -2.62. The minimum Gasteiger partial charge on any atom is -0.335 e. The normalized spacial score (nSPS) is 28.0. The molecule has 4 aliphatic carbocycles. The van der Waals surface area contributed by atoms with Crippen LogP contribution in [0, 0.1) is 5.41 Å². The minimum atomic E-state index is -0.446. The third-order valence-electron chi connectivity index (χ3n) is 21.2. The predicted octanol–water partition coefficient (Wildman–Crippen LogP) is 17.3. The number of fused-ring (bicyclic) bond motifs is 11. The van der Waals surface area contributed by atoms with Crippen molar-refractivity contribution in [3.05, 3.63) is 171 Å². The molecule has 0 spiro atoms. The molecule has 5 unspecified atom stereocenters. The number of anilines is 4. The van der Waals surface area contributed by atoms with Gasteiger partial charge in [-0.25, -0.2) is 0 Å². The summed E-state index contributed by atoms with van der Waals surface area (Å²) in [6, 6.07) is 36.3. The van der Waals surface area contributed by atoms with Crippen LogP contribution in [0.1, 0.15) is 217 Å². The van der Waals surface area contributed by atoms with Crippen LogP contribution in [0.15, 0.2) is 121 Å². The molecule has 3 heterocycles. The molecule has 3 aliphatic heterocycles. The summed E-state index contributed by atoms with van der Waals surface area (Å²) in [6.45, 7) is 36.2. The molecule has 7 aliphatic rings. The van der Waals surface area contributed by atoms with Crippen LogP contribution < -0.4 is 20.7 Å². The maximum atomic E-state index is 10.0. The Balaban J connectivity index is 1.24. The van der Waals surface area contributed by atoms with Gasteiger partial charge >= 0.3 is 0 Å². The van der Waals surface area contributed by atoms with Gasteiger partial charge in [-0.3, -0.25) is 0 Å². The minimum absolute atomic E-state index is 0.0573. The second-order valence-corrected chi connectivity index (χ2v) is 28.5. The molecule has 0 aromatic heterocycles. The Bertz CT molecular complexity index is 3610. The van der Waals surface area contributed by atoms with Crippen LogP contribution in [0.5, 0.6) is 0 Å². The van der Waals surface area contributed by atoms with E-state index in [0.717, 1.165) is 55.3 Å². The van der Waals surface area contributed by atoms with Crippen molar-refractivity contribution < 1.29 is 5.48 Å². The van der Waals surface area contributed by atoms with E-state index in [9.17, 15) is 5.48 Å². The standard InChI is InChI=1S/C70H81BN2/c1-63(2,3)45-29-31-51-50(40-45)60-62(66(51,10)11)71-54-42-47(65(7,8)9)41-53-61(54)73(70(15)36-24-23-34-68(53,70)13)57-38-44(58-48-27-19-20-28-52(48)67(12)33-21-22-35-69(58,67)14)37-56(59(57)71)72(60)55-32-30-46(64(4,5)6)39-49(55)43-25-17-16-18-26-43/h16-20,25-32,37-42,58H,21-24,33-36H2,1-15H3/i19D,20D,27D,28D. The second-order valence-electron chi connectivity index (χ2n) is 28.5. The van der Waals surface area contributed by atoms with Gasteiger partial charge in [0, 0.05) is 50.6 Å². The highest BCUT2D eigenvalue weighted by Crippen LogP contribution is 2.69. The zero-order chi connectivity index (χ0) is 54.9. The summed E-state index contributed by atoms with van der Waals surface area (Å²) in [5, 5.41) is 0. The number of hydrogen-bond acceptors (Lipinski definition) is 2. The molecular formula is C70H81BN2. The summed E-state index contributed by atoms with van der Waals surface area (Å²) in [4.78, 5) is 5.62. The quantitative estimate of drug-likeness (QED) is 0.163. The topological polar surface area (TPSA) is 6.48 Å². The van der Waals surface area contributed by atoms with E-state index >= 15 is 0 Å². The van der Waals surface area contributed by atoms with Crippen LogP contribution in [0.3, 0.4) is 0 Å². The lowest BCUT2D eigenvalue weighted by Gasteiger charge is -2.53. The first kappa shape index (κ1) is 43.0. The Hall–Kier alpha value is -5.28. The fraction of sp³-hybridized carbons (Fsp3) is 0.457. The smallest absolute Gasteiger partial charge is 0.248 e. The number of nitrogens with zero attached hydrogens (tertiary/aromatic N) is 2. The Morgan fingerprint density at radius 3 is 1.88 bits per heavy atom. The van der Waals surface area contributed by atoms with Crippen LogP contribution in [0.25, 0.3) is 16.8 Å². The van der Waals surface area contributed by atoms with E-state index in [1.807, 2.05) is 0 Å². The van der Waals surface area contributed by atoms with Crippen LogP contribution in [-0.2, 0) is 32.5 Å². The van der Waals surface area contributed by atoms with Gasteiger partial charge in [-0.15, -0.1) is 0 Å². The molecule has 2 fully saturated rings. The van der Waals surface area contributed by atoms with Gasteiger partial charge in [0.1, 0.15) is 0 Å². The molecule has 0 saturated heterocycles. The van der Waals surface area contributed by atoms with Gasteiger partial charge < -0.3 is 9.80 Å². The van der Waals surface area contributed by atoms with Crippen molar-refractivity contribution in [1.29, 1.82) is 0 Å². The van der Waals surface area contributed by atoms with E-state index in [4.69, 9.17) is 0 Å². The van der Waals surface area contributed by atoms with Crippen molar-refractivity contribution in [2.75, 3.05) is 9.80 Å². The van der Waals surface area contributed by atoms with Crippen molar-refractivity contribution in [2.45, 2.75) is 199 Å². The van der Waals surface area contributed by atoms with E-state index < -0.39 is 5.41 Å². The summed E-state index contributed by atoms with van der Waals surface area (Å²) in [6.07, 6.45) is 8.54. The Morgan fingerprint density at radius 1 is 0.562 bits per heavy atom. The van der Waals surface area contributed by atoms with Crippen molar-refractivity contribution >= 4 is 46.1 Å². The Labute approximate surface area is 445 Å². The molecule has 2 saturated carbocycles. The fourth-order valence-electron chi connectivity index (χ4n) is 16.5. The molecule has 0 radical (unpaired) electrons. The highest BCUT2D eigenvalue weighted by molar-refractivity contribution is 6.96. The van der Waals surface area contributed by atoms with Crippen molar-refractivity contribution in [3.63, 3.8) is 0 Å². The zero-order valence-corrected chi connectivity index (χ0v) is 46.9. The molecule has 0 bridgehead atoms. The third-order valence-corrected chi connectivity index (χ3v) is 21.2. The predicted molar refractivity (Wildman–Crippen MR) is 313 cm³/mol. The summed E-state index contributed by atoms with van der Waals surface area (Å²) in [5.74, 6) is -0.268. The monoisotopic (exact) mass is 965 g/mol. The first-order valence-corrected chi connectivity index (χ1v) is 28.2. The van der Waals surface area contributed by atoms with Crippen LogP contribution in [-0.4, -0.2) is 12.3 Å². The number of rotatable bonds is 3. The first-order valence-electron chi connectivity index (χ1n) is 30.2. The molecule has 0 N–H and O–H groups in total. The second kappa shape index (κ2) is 15.0. The van der Waals surface area contributed by atoms with Crippen molar-refractivity contribution in [1.82, 2.24) is 0 Å². The summed E-state index contributed by atoms with van der Waals surface area (Å²) in [5.41, 5.74) is 22.3. The molecule has 5 atom stereocenters. The van der Waals surface area contributed by atoms with E-state index in [-0.39, 0.29) is 74.8 Å². The van der Waals surface area contributed by atoms with Crippen LogP contribution in [0.2, 0.25) is 0 Å². The maximum absolute atomic E-state index is 10.0. The van der Waals surface area contributed by atoms with Gasteiger partial charge in [-0.05, 0) is 151 Å². The highest BCUT2D eigenvalue weighted by Gasteiger charge is 2.64. The van der Waals surface area contributed by atoms with Crippen molar-refractivity contribution in [2.24, 2.45) is 5.41 Å². The molecule has 3 heteroatoms. The van der Waals surface area contributed by atoms with Gasteiger partial charge in [-0.2, -0.15) is 0 Å². The van der Waals surface area contributed by atoms with Gasteiger partial charge in [0.25, 0.3) is 0 Å². The lowest BCUT2D eigenvalue weighted by atomic mass is 9.30. The number of benzene rings is 6. The molecular weight excluding hydrogens is 880 g/mol. The van der Waals surface area contributed by atoms with E-state index in [1.54, 1.807) is 0 Å². The number of allylic oxidation sites excluding steroid dienone is 1. The van der Waals surface area contributed by atoms with Gasteiger partial charge in [0.15, 0.2) is 0 Å². The van der Waals surface area contributed by atoms with Gasteiger partial charge in [-0.1, -0.05) is 213 Å². The van der Waals surface area contributed by atoms with Crippen LogP contribution >= 0.6 is 0 Å². The molecule has 6 aromatic rings. The average Bonchev–Trinajstić information content (AvgIpc) is 4.05. The van der Waals surface area contributed by atoms with E-state index in [0.29, 0.717) is 0 Å². The largest absolute Gasteiger partial charge is 0.335 e.